The van der Waals surface area contributed by atoms with E-state index in [0.717, 1.165) is 18.6 Å². The van der Waals surface area contributed by atoms with Crippen LogP contribution in [0, 0.1) is 5.82 Å². The van der Waals surface area contributed by atoms with E-state index < -0.39 is 27.6 Å². The molecule has 4 aromatic rings. The highest BCUT2D eigenvalue weighted by Gasteiger charge is 2.24. The lowest BCUT2D eigenvalue weighted by molar-refractivity contribution is 0.190. The summed E-state index contributed by atoms with van der Waals surface area (Å²) in [6.45, 7) is 2.63. The number of nitrogen functional groups attached to an aromatic ring is 1. The standard InChI is InChI=1S/C27H28F2N6O4S/c1-16(8-10-28)40(36,37)20-5-3-18(4-6-20)23-14-32-25(30)24(33-23)27-35-34-26(39-27)21-7-2-17(12-22(21)29)13-31-19-9-11-38-15-19/h2-7,12,14,16,19,31H,8-11,13,15H2,1H3,(H2,30,32)/t16?,19-/m0/s1. The quantitative estimate of drug-likeness (QED) is 0.287. The molecule has 2 atom stereocenters. The molecular formula is C27H28F2N6O4S. The Morgan fingerprint density at radius 3 is 2.62 bits per heavy atom. The summed E-state index contributed by atoms with van der Waals surface area (Å²) in [5.41, 5.74) is 7.96. The van der Waals surface area contributed by atoms with Gasteiger partial charge in [-0.25, -0.2) is 22.8 Å². The molecule has 40 heavy (non-hydrogen) atoms. The van der Waals surface area contributed by atoms with Gasteiger partial charge in [0, 0.05) is 24.8 Å². The number of hydrogen-bond acceptors (Lipinski definition) is 10. The number of sulfone groups is 1. The van der Waals surface area contributed by atoms with E-state index in [0.29, 0.717) is 24.4 Å². The molecule has 210 valence electrons. The third-order valence-corrected chi connectivity index (χ3v) is 8.97. The van der Waals surface area contributed by atoms with Crippen LogP contribution in [0.15, 0.2) is 58.0 Å². The van der Waals surface area contributed by atoms with Gasteiger partial charge in [0.15, 0.2) is 21.3 Å². The molecule has 0 radical (unpaired) electrons. The van der Waals surface area contributed by atoms with Crippen LogP contribution in [0.3, 0.4) is 0 Å². The van der Waals surface area contributed by atoms with Crippen molar-refractivity contribution in [1.29, 1.82) is 0 Å². The van der Waals surface area contributed by atoms with Crippen LogP contribution >= 0.6 is 0 Å². The number of alkyl halides is 1. The van der Waals surface area contributed by atoms with Gasteiger partial charge in [-0.2, -0.15) is 0 Å². The van der Waals surface area contributed by atoms with Gasteiger partial charge in [0.05, 0.1) is 40.9 Å². The Morgan fingerprint density at radius 1 is 1.15 bits per heavy atom. The zero-order valence-electron chi connectivity index (χ0n) is 21.7. The number of nitrogens with two attached hydrogens (primary N) is 1. The van der Waals surface area contributed by atoms with Crippen molar-refractivity contribution in [1.82, 2.24) is 25.5 Å². The molecule has 1 fully saturated rings. The van der Waals surface area contributed by atoms with E-state index in [2.05, 4.69) is 25.5 Å². The minimum Gasteiger partial charge on any atom is -0.414 e. The molecule has 1 unspecified atom stereocenters. The van der Waals surface area contributed by atoms with Gasteiger partial charge in [0.25, 0.3) is 11.8 Å². The lowest BCUT2D eigenvalue weighted by atomic mass is 10.1. The van der Waals surface area contributed by atoms with Gasteiger partial charge in [-0.3, -0.25) is 4.39 Å². The maximum atomic E-state index is 14.9. The molecule has 3 N–H and O–H groups in total. The van der Waals surface area contributed by atoms with Crippen molar-refractivity contribution < 1.29 is 26.4 Å². The fourth-order valence-electron chi connectivity index (χ4n) is 4.28. The van der Waals surface area contributed by atoms with Crippen LogP contribution in [0.25, 0.3) is 34.3 Å². The molecule has 2 aromatic carbocycles. The van der Waals surface area contributed by atoms with Crippen LogP contribution in [-0.2, 0) is 21.1 Å². The van der Waals surface area contributed by atoms with Gasteiger partial charge in [-0.1, -0.05) is 18.2 Å². The lowest BCUT2D eigenvalue weighted by Gasteiger charge is -2.12. The van der Waals surface area contributed by atoms with E-state index in [1.807, 2.05) is 0 Å². The molecule has 0 aliphatic carbocycles. The predicted molar refractivity (Wildman–Crippen MR) is 144 cm³/mol. The second-order valence-electron chi connectivity index (χ2n) is 9.51. The van der Waals surface area contributed by atoms with Crippen LogP contribution in [0.1, 0.15) is 25.3 Å². The van der Waals surface area contributed by atoms with Crippen molar-refractivity contribution in [2.45, 2.75) is 42.5 Å². The maximum Gasteiger partial charge on any atom is 0.270 e. The zero-order valence-corrected chi connectivity index (χ0v) is 22.5. The molecule has 1 aliphatic rings. The number of nitrogens with zero attached hydrogens (tertiary/aromatic N) is 4. The molecule has 13 heteroatoms. The zero-order chi connectivity index (χ0) is 28.3. The first kappa shape index (κ1) is 27.7. The number of aromatic nitrogens is 4. The normalized spacial score (nSPS) is 16.3. The molecule has 0 bridgehead atoms. The summed E-state index contributed by atoms with van der Waals surface area (Å²) in [4.78, 5) is 8.72. The SMILES string of the molecule is CC(CCF)S(=O)(=O)c1ccc(-c2cnc(N)c(-c3nnc(-c4ccc(CN[C@H]5CCOC5)cc4F)o3)n2)cc1. The van der Waals surface area contributed by atoms with Crippen molar-refractivity contribution in [2.24, 2.45) is 0 Å². The average molecular weight is 571 g/mol. The average Bonchev–Trinajstić information content (AvgIpc) is 3.65. The van der Waals surface area contributed by atoms with Gasteiger partial charge in [0.1, 0.15) is 5.82 Å². The first-order valence-electron chi connectivity index (χ1n) is 12.7. The van der Waals surface area contributed by atoms with Crippen molar-refractivity contribution >= 4 is 15.7 Å². The maximum absolute atomic E-state index is 14.9. The summed E-state index contributed by atoms with van der Waals surface area (Å²) in [6.07, 6.45) is 2.27. The minimum absolute atomic E-state index is 0.0241. The molecule has 0 amide bonds. The molecular weight excluding hydrogens is 542 g/mol. The number of rotatable bonds is 10. The molecule has 1 saturated heterocycles. The Balaban J connectivity index is 1.35. The Labute approximate surface area is 229 Å². The van der Waals surface area contributed by atoms with Gasteiger partial charge >= 0.3 is 0 Å². The van der Waals surface area contributed by atoms with Crippen molar-refractivity contribution in [3.8, 4) is 34.3 Å². The third-order valence-electron chi connectivity index (χ3n) is 6.74. The molecule has 1 aliphatic heterocycles. The molecule has 10 nitrogen and oxygen atoms in total. The Bertz CT molecular complexity index is 1590. The van der Waals surface area contributed by atoms with Crippen LogP contribution in [0.4, 0.5) is 14.6 Å². The number of nitrogens with one attached hydrogen (secondary N) is 1. The second kappa shape index (κ2) is 11.7. The van der Waals surface area contributed by atoms with E-state index >= 15 is 0 Å². The number of halogens is 2. The summed E-state index contributed by atoms with van der Waals surface area (Å²) >= 11 is 0. The molecule has 0 spiro atoms. The summed E-state index contributed by atoms with van der Waals surface area (Å²) in [5.74, 6) is -0.580. The van der Waals surface area contributed by atoms with Crippen LogP contribution in [0.2, 0.25) is 0 Å². The van der Waals surface area contributed by atoms with Gasteiger partial charge in [-0.15, -0.1) is 10.2 Å². The number of anilines is 1. The minimum atomic E-state index is -3.66. The Morgan fingerprint density at radius 2 is 1.93 bits per heavy atom. The van der Waals surface area contributed by atoms with Crippen LogP contribution < -0.4 is 11.1 Å². The first-order chi connectivity index (χ1) is 19.3. The number of hydrogen-bond donors (Lipinski definition) is 2. The largest absolute Gasteiger partial charge is 0.414 e. The van der Waals surface area contributed by atoms with E-state index in [9.17, 15) is 17.2 Å². The number of ether oxygens (including phenoxy) is 1. The van der Waals surface area contributed by atoms with Gasteiger partial charge in [0.2, 0.25) is 0 Å². The first-order valence-corrected chi connectivity index (χ1v) is 14.3. The smallest absolute Gasteiger partial charge is 0.270 e. The highest BCUT2D eigenvalue weighted by molar-refractivity contribution is 7.92. The van der Waals surface area contributed by atoms with Crippen molar-refractivity contribution in [2.75, 3.05) is 25.6 Å². The second-order valence-corrected chi connectivity index (χ2v) is 11.9. The molecule has 3 heterocycles. The summed E-state index contributed by atoms with van der Waals surface area (Å²) in [6, 6.07) is 11.0. The predicted octanol–water partition coefficient (Wildman–Crippen LogP) is 3.98. The van der Waals surface area contributed by atoms with Crippen molar-refractivity contribution in [3.63, 3.8) is 0 Å². The lowest BCUT2D eigenvalue weighted by Crippen LogP contribution is -2.28. The molecule has 5 rings (SSSR count). The Hall–Kier alpha value is -3.81. The van der Waals surface area contributed by atoms with Crippen LogP contribution in [0.5, 0.6) is 0 Å². The highest BCUT2D eigenvalue weighted by Crippen LogP contribution is 2.30. The van der Waals surface area contributed by atoms with E-state index in [1.165, 1.54) is 31.3 Å². The summed E-state index contributed by atoms with van der Waals surface area (Å²) in [7, 11) is -3.66. The topological polar surface area (TPSA) is 146 Å². The van der Waals surface area contributed by atoms with Gasteiger partial charge in [-0.05, 0) is 49.6 Å². The van der Waals surface area contributed by atoms with E-state index in [4.69, 9.17) is 14.9 Å². The van der Waals surface area contributed by atoms with Gasteiger partial charge < -0.3 is 20.2 Å². The third kappa shape index (κ3) is 5.86. The van der Waals surface area contributed by atoms with Crippen LogP contribution in [-0.4, -0.2) is 59.8 Å². The monoisotopic (exact) mass is 570 g/mol. The fraction of sp³-hybridized carbons (Fsp3) is 0.333. The summed E-state index contributed by atoms with van der Waals surface area (Å²) in [5, 5.41) is 10.5. The van der Waals surface area contributed by atoms with E-state index in [1.54, 1.807) is 24.3 Å². The highest BCUT2D eigenvalue weighted by atomic mass is 32.2. The fourth-order valence-corrected chi connectivity index (χ4v) is 5.66. The molecule has 0 saturated carbocycles. The summed E-state index contributed by atoms with van der Waals surface area (Å²) < 4.78 is 63.9. The number of benzene rings is 2. The van der Waals surface area contributed by atoms with E-state index in [-0.39, 0.29) is 46.2 Å². The Kier molecular flexibility index (Phi) is 8.14. The molecule has 2 aromatic heterocycles. The van der Waals surface area contributed by atoms with Crippen molar-refractivity contribution in [3.05, 3.63) is 60.0 Å².